The Kier molecular flexibility index (Phi) is 6.74. The van der Waals surface area contributed by atoms with E-state index in [0.717, 1.165) is 6.42 Å². The lowest BCUT2D eigenvalue weighted by atomic mass is 9.75. The molecular formula is C21H36N2O4. The van der Waals surface area contributed by atoms with Crippen molar-refractivity contribution in [3.63, 3.8) is 0 Å². The summed E-state index contributed by atoms with van der Waals surface area (Å²) in [6.45, 7) is 11.7. The Hall–Kier alpha value is -1.40. The summed E-state index contributed by atoms with van der Waals surface area (Å²) in [5, 5.41) is 14.4. The second-order valence-electron chi connectivity index (χ2n) is 8.98. The molecule has 0 aromatic rings. The first kappa shape index (κ1) is 21.9. The van der Waals surface area contributed by atoms with Crippen molar-refractivity contribution in [2.45, 2.75) is 96.6 Å². The van der Waals surface area contributed by atoms with Crippen LogP contribution in [0, 0.1) is 5.92 Å². The van der Waals surface area contributed by atoms with Crippen LogP contribution in [0.2, 0.25) is 0 Å². The molecule has 0 bridgehead atoms. The van der Waals surface area contributed by atoms with E-state index in [0.29, 0.717) is 25.8 Å². The highest BCUT2D eigenvalue weighted by Crippen LogP contribution is 2.43. The molecule has 0 unspecified atom stereocenters. The number of ether oxygens (including phenoxy) is 1. The molecule has 0 saturated carbocycles. The number of carbonyl (C=O) groups excluding carboxylic acids is 2. The number of carbonyl (C=O) groups is 2. The fourth-order valence-corrected chi connectivity index (χ4v) is 4.72. The first-order chi connectivity index (χ1) is 12.5. The molecule has 1 amide bonds. The molecule has 2 aliphatic rings. The van der Waals surface area contributed by atoms with E-state index in [4.69, 9.17) is 4.74 Å². The van der Waals surface area contributed by atoms with E-state index in [9.17, 15) is 14.7 Å². The van der Waals surface area contributed by atoms with Gasteiger partial charge in [0.25, 0.3) is 0 Å². The van der Waals surface area contributed by atoms with Crippen LogP contribution >= 0.6 is 0 Å². The van der Waals surface area contributed by atoms with Crippen LogP contribution in [0.25, 0.3) is 0 Å². The molecule has 154 valence electrons. The van der Waals surface area contributed by atoms with Crippen molar-refractivity contribution in [2.24, 2.45) is 5.92 Å². The predicted octanol–water partition coefficient (Wildman–Crippen LogP) is 2.40. The summed E-state index contributed by atoms with van der Waals surface area (Å²) in [5.41, 5.74) is -1.49. The van der Waals surface area contributed by atoms with Gasteiger partial charge in [0, 0.05) is 19.5 Å². The molecule has 6 nitrogen and oxygen atoms in total. The van der Waals surface area contributed by atoms with Gasteiger partial charge < -0.3 is 15.2 Å². The molecule has 2 aliphatic heterocycles. The van der Waals surface area contributed by atoms with Crippen LogP contribution in [-0.2, 0) is 14.3 Å². The number of amides is 1. The normalized spacial score (nSPS) is 34.5. The molecule has 27 heavy (non-hydrogen) atoms. The number of esters is 1. The molecule has 2 fully saturated rings. The van der Waals surface area contributed by atoms with Crippen molar-refractivity contribution in [1.29, 1.82) is 0 Å². The Balaban J connectivity index is 2.37. The van der Waals surface area contributed by atoms with Gasteiger partial charge in [-0.25, -0.2) is 0 Å². The van der Waals surface area contributed by atoms with Crippen LogP contribution in [0.3, 0.4) is 0 Å². The van der Waals surface area contributed by atoms with Crippen molar-refractivity contribution >= 4 is 11.9 Å². The minimum absolute atomic E-state index is 0.0769. The zero-order chi connectivity index (χ0) is 20.4. The third-order valence-corrected chi connectivity index (χ3v) is 5.60. The fraction of sp³-hybridized carbons (Fsp3) is 0.810. The summed E-state index contributed by atoms with van der Waals surface area (Å²) in [7, 11) is 0. The molecule has 0 spiro atoms. The second-order valence-corrected chi connectivity index (χ2v) is 8.98. The van der Waals surface area contributed by atoms with Crippen LogP contribution in [-0.4, -0.2) is 57.8 Å². The SMILES string of the molecule is C/C=C\[C@@H]1C[C@H](C(=O)OC(C)(C)C)N2CC[C@](O)(CCC)[C@H](NC(C)=O)[C@@H]12. The number of hydrogen-bond acceptors (Lipinski definition) is 5. The molecule has 2 heterocycles. The monoisotopic (exact) mass is 380 g/mol. The van der Waals surface area contributed by atoms with E-state index in [1.54, 1.807) is 0 Å². The van der Waals surface area contributed by atoms with Crippen molar-refractivity contribution < 1.29 is 19.4 Å². The van der Waals surface area contributed by atoms with E-state index >= 15 is 0 Å². The van der Waals surface area contributed by atoms with Crippen molar-refractivity contribution in [3.05, 3.63) is 12.2 Å². The third-order valence-electron chi connectivity index (χ3n) is 5.60. The maximum atomic E-state index is 12.8. The molecule has 2 saturated heterocycles. The Morgan fingerprint density at radius 3 is 2.56 bits per heavy atom. The molecule has 2 N–H and O–H groups in total. The molecule has 5 atom stereocenters. The van der Waals surface area contributed by atoms with Crippen molar-refractivity contribution in [2.75, 3.05) is 6.54 Å². The number of rotatable bonds is 5. The quantitative estimate of drug-likeness (QED) is 0.566. The zero-order valence-electron chi connectivity index (χ0n) is 17.6. The first-order valence-corrected chi connectivity index (χ1v) is 10.1. The Morgan fingerprint density at radius 1 is 1.37 bits per heavy atom. The van der Waals surface area contributed by atoms with Gasteiger partial charge in [-0.1, -0.05) is 25.5 Å². The maximum Gasteiger partial charge on any atom is 0.323 e. The average Bonchev–Trinajstić information content (AvgIpc) is 2.88. The highest BCUT2D eigenvalue weighted by Gasteiger charge is 2.56. The summed E-state index contributed by atoms with van der Waals surface area (Å²) in [5.74, 6) is -0.300. The number of nitrogens with zero attached hydrogens (tertiary/aromatic N) is 1. The highest BCUT2D eigenvalue weighted by atomic mass is 16.6. The number of hydrogen-bond donors (Lipinski definition) is 2. The lowest BCUT2D eigenvalue weighted by Gasteiger charge is -2.50. The van der Waals surface area contributed by atoms with Gasteiger partial charge in [-0.2, -0.15) is 0 Å². The number of nitrogens with one attached hydrogen (secondary N) is 1. The third kappa shape index (κ3) is 4.91. The summed E-state index contributed by atoms with van der Waals surface area (Å²) in [6, 6.07) is -0.872. The van der Waals surface area contributed by atoms with Gasteiger partial charge in [0.1, 0.15) is 11.6 Å². The van der Waals surface area contributed by atoms with Crippen LogP contribution in [0.1, 0.15) is 67.2 Å². The highest BCUT2D eigenvalue weighted by molar-refractivity contribution is 5.77. The van der Waals surface area contributed by atoms with Crippen LogP contribution < -0.4 is 5.32 Å². The fourth-order valence-electron chi connectivity index (χ4n) is 4.72. The molecule has 0 aliphatic carbocycles. The van der Waals surface area contributed by atoms with E-state index < -0.39 is 17.2 Å². The van der Waals surface area contributed by atoms with Gasteiger partial charge in [0.15, 0.2) is 0 Å². The zero-order valence-corrected chi connectivity index (χ0v) is 17.6. The topological polar surface area (TPSA) is 78.9 Å². The van der Waals surface area contributed by atoms with Gasteiger partial charge in [-0.05, 0) is 52.9 Å². The number of piperidine rings is 1. The summed E-state index contributed by atoms with van der Waals surface area (Å²) in [4.78, 5) is 26.9. The summed E-state index contributed by atoms with van der Waals surface area (Å²) >= 11 is 0. The standard InChI is InChI=1S/C21H36N2O4/c1-7-9-15-13-16(19(25)27-20(4,5)6)23-12-11-21(26,10-8-2)18(17(15)23)22-14(3)24/h7,9,15-18,26H,8,10-13H2,1-6H3,(H,22,24)/b9-7-/t15-,16-,17-,18-,21-/m1/s1. The van der Waals surface area contributed by atoms with E-state index in [1.807, 2.05) is 40.7 Å². The van der Waals surface area contributed by atoms with Crippen LogP contribution in [0.5, 0.6) is 0 Å². The molecule has 0 aromatic carbocycles. The maximum absolute atomic E-state index is 12.8. The molecular weight excluding hydrogens is 344 g/mol. The van der Waals surface area contributed by atoms with Gasteiger partial charge in [0.2, 0.25) is 5.91 Å². The lowest BCUT2D eigenvalue weighted by molar-refractivity contribution is -0.163. The number of allylic oxidation sites excluding steroid dienone is 1. The van der Waals surface area contributed by atoms with Crippen LogP contribution in [0.15, 0.2) is 12.2 Å². The first-order valence-electron chi connectivity index (χ1n) is 10.1. The van der Waals surface area contributed by atoms with Gasteiger partial charge >= 0.3 is 5.97 Å². The smallest absolute Gasteiger partial charge is 0.323 e. The van der Waals surface area contributed by atoms with E-state index in [1.165, 1.54) is 6.92 Å². The lowest BCUT2D eigenvalue weighted by Crippen LogP contribution is -2.68. The minimum atomic E-state index is -0.954. The number of aliphatic hydroxyl groups is 1. The van der Waals surface area contributed by atoms with E-state index in [-0.39, 0.29) is 29.9 Å². The van der Waals surface area contributed by atoms with Gasteiger partial charge in [-0.15, -0.1) is 0 Å². The van der Waals surface area contributed by atoms with Crippen LogP contribution in [0.4, 0.5) is 0 Å². The molecule has 2 rings (SSSR count). The van der Waals surface area contributed by atoms with Gasteiger partial charge in [0.05, 0.1) is 11.6 Å². The van der Waals surface area contributed by atoms with Gasteiger partial charge in [-0.3, -0.25) is 14.5 Å². The summed E-state index contributed by atoms with van der Waals surface area (Å²) < 4.78 is 5.66. The Bertz CT molecular complexity index is 583. The average molecular weight is 381 g/mol. The Labute approximate surface area is 163 Å². The predicted molar refractivity (Wildman–Crippen MR) is 105 cm³/mol. The Morgan fingerprint density at radius 2 is 2.04 bits per heavy atom. The molecule has 6 heteroatoms. The molecule has 0 aromatic heterocycles. The minimum Gasteiger partial charge on any atom is -0.459 e. The summed E-state index contributed by atoms with van der Waals surface area (Å²) in [6.07, 6.45) is 6.71. The van der Waals surface area contributed by atoms with Crippen molar-refractivity contribution in [1.82, 2.24) is 10.2 Å². The molecule has 0 radical (unpaired) electrons. The second kappa shape index (κ2) is 8.31. The largest absolute Gasteiger partial charge is 0.459 e. The van der Waals surface area contributed by atoms with Crippen molar-refractivity contribution in [3.8, 4) is 0 Å². The van der Waals surface area contributed by atoms with E-state index in [2.05, 4.69) is 16.3 Å². The number of fused-ring (bicyclic) bond motifs is 1.